The van der Waals surface area contributed by atoms with Crippen molar-refractivity contribution in [1.82, 2.24) is 4.98 Å². The van der Waals surface area contributed by atoms with E-state index in [0.29, 0.717) is 16.6 Å². The first-order valence-corrected chi connectivity index (χ1v) is 6.74. The summed E-state index contributed by atoms with van der Waals surface area (Å²) in [5, 5.41) is 0.500. The molecule has 19 heavy (non-hydrogen) atoms. The number of nitrogens with zero attached hydrogens (tertiary/aromatic N) is 1. The van der Waals surface area contributed by atoms with E-state index < -0.39 is 0 Å². The van der Waals surface area contributed by atoms with Crippen molar-refractivity contribution < 1.29 is 4.74 Å². The zero-order valence-corrected chi connectivity index (χ0v) is 11.7. The van der Waals surface area contributed by atoms with Crippen LogP contribution in [0.15, 0.2) is 36.5 Å². The Hall–Kier alpha value is -1.74. The van der Waals surface area contributed by atoms with Gasteiger partial charge >= 0.3 is 0 Å². The standard InChI is InChI=1S/C15H17ClN2O/c1-2-3-4-11-5-7-13(8-6-11)19-15-14(17)9-12(16)10-18-15/h5-10H,2-4,17H2,1H3. The highest BCUT2D eigenvalue weighted by Crippen LogP contribution is 2.27. The van der Waals surface area contributed by atoms with Gasteiger partial charge in [0.25, 0.3) is 0 Å². The fourth-order valence-electron chi connectivity index (χ4n) is 1.74. The molecule has 2 rings (SSSR count). The van der Waals surface area contributed by atoms with Crippen molar-refractivity contribution in [2.24, 2.45) is 0 Å². The Morgan fingerprint density at radius 2 is 2.00 bits per heavy atom. The molecule has 1 heterocycles. The number of anilines is 1. The molecule has 1 aromatic heterocycles. The fraction of sp³-hybridized carbons (Fsp3) is 0.267. The number of hydrogen-bond donors (Lipinski definition) is 1. The number of unbranched alkanes of at least 4 members (excludes halogenated alkanes) is 1. The molecule has 0 radical (unpaired) electrons. The van der Waals surface area contributed by atoms with E-state index in [-0.39, 0.29) is 0 Å². The lowest BCUT2D eigenvalue weighted by atomic mass is 10.1. The number of pyridine rings is 1. The first-order valence-electron chi connectivity index (χ1n) is 6.37. The number of aromatic nitrogens is 1. The zero-order chi connectivity index (χ0) is 13.7. The van der Waals surface area contributed by atoms with Crippen molar-refractivity contribution in [2.45, 2.75) is 26.2 Å². The van der Waals surface area contributed by atoms with Gasteiger partial charge in [-0.2, -0.15) is 0 Å². The Labute approximate surface area is 118 Å². The third-order valence-corrected chi connectivity index (χ3v) is 3.01. The van der Waals surface area contributed by atoms with Crippen LogP contribution in [-0.4, -0.2) is 4.98 Å². The van der Waals surface area contributed by atoms with Crippen LogP contribution < -0.4 is 10.5 Å². The second-order valence-corrected chi connectivity index (χ2v) is 4.83. The van der Waals surface area contributed by atoms with E-state index in [1.807, 2.05) is 12.1 Å². The molecule has 0 spiro atoms. The van der Waals surface area contributed by atoms with Crippen molar-refractivity contribution in [3.05, 3.63) is 47.1 Å². The average molecular weight is 277 g/mol. The highest BCUT2D eigenvalue weighted by atomic mass is 35.5. The van der Waals surface area contributed by atoms with E-state index in [1.54, 1.807) is 6.07 Å². The second kappa shape index (κ2) is 6.43. The van der Waals surface area contributed by atoms with Crippen molar-refractivity contribution in [2.75, 3.05) is 5.73 Å². The number of ether oxygens (including phenoxy) is 1. The first kappa shape index (κ1) is 13.7. The number of aryl methyl sites for hydroxylation is 1. The summed E-state index contributed by atoms with van der Waals surface area (Å²) in [4.78, 5) is 4.07. The van der Waals surface area contributed by atoms with Crippen LogP contribution in [0.1, 0.15) is 25.3 Å². The summed E-state index contributed by atoms with van der Waals surface area (Å²) in [7, 11) is 0. The SMILES string of the molecule is CCCCc1ccc(Oc2ncc(Cl)cc2N)cc1. The molecule has 2 aromatic rings. The van der Waals surface area contributed by atoms with Gasteiger partial charge < -0.3 is 10.5 Å². The maximum atomic E-state index is 5.79. The predicted octanol–water partition coefficient (Wildman–Crippen LogP) is 4.45. The monoisotopic (exact) mass is 276 g/mol. The van der Waals surface area contributed by atoms with Gasteiger partial charge in [-0.25, -0.2) is 4.98 Å². The third-order valence-electron chi connectivity index (χ3n) is 2.80. The van der Waals surface area contributed by atoms with Gasteiger partial charge in [0.2, 0.25) is 5.88 Å². The van der Waals surface area contributed by atoms with Crippen LogP contribution in [0.5, 0.6) is 11.6 Å². The third kappa shape index (κ3) is 3.86. The van der Waals surface area contributed by atoms with Crippen LogP contribution in [0.3, 0.4) is 0 Å². The number of nitrogens with two attached hydrogens (primary N) is 1. The van der Waals surface area contributed by atoms with E-state index in [1.165, 1.54) is 24.6 Å². The summed E-state index contributed by atoms with van der Waals surface area (Å²) in [5.74, 6) is 1.10. The normalized spacial score (nSPS) is 10.4. The maximum Gasteiger partial charge on any atom is 0.242 e. The molecular formula is C15H17ClN2O. The Morgan fingerprint density at radius 1 is 1.26 bits per heavy atom. The van der Waals surface area contributed by atoms with Gasteiger partial charge in [-0.15, -0.1) is 0 Å². The number of nitrogen functional groups attached to an aromatic ring is 1. The Bertz CT molecular complexity index is 540. The van der Waals surface area contributed by atoms with Crippen molar-refractivity contribution in [3.63, 3.8) is 0 Å². The van der Waals surface area contributed by atoms with E-state index in [9.17, 15) is 0 Å². The first-order chi connectivity index (χ1) is 9.19. The summed E-state index contributed by atoms with van der Waals surface area (Å²) in [6.07, 6.45) is 5.01. The molecular weight excluding hydrogens is 260 g/mol. The van der Waals surface area contributed by atoms with Crippen LogP contribution in [0.4, 0.5) is 5.69 Å². The van der Waals surface area contributed by atoms with Crippen LogP contribution in [0.2, 0.25) is 5.02 Å². The number of halogens is 1. The molecule has 0 atom stereocenters. The summed E-state index contributed by atoms with van der Waals surface area (Å²) >= 11 is 5.79. The topological polar surface area (TPSA) is 48.1 Å². The van der Waals surface area contributed by atoms with E-state index in [0.717, 1.165) is 12.2 Å². The smallest absolute Gasteiger partial charge is 0.242 e. The molecule has 0 aliphatic heterocycles. The van der Waals surface area contributed by atoms with Gasteiger partial charge in [-0.1, -0.05) is 37.1 Å². The lowest BCUT2D eigenvalue weighted by Crippen LogP contribution is -1.95. The van der Waals surface area contributed by atoms with Crippen LogP contribution in [-0.2, 0) is 6.42 Å². The molecule has 0 bridgehead atoms. The predicted molar refractivity (Wildman–Crippen MR) is 78.8 cm³/mol. The lowest BCUT2D eigenvalue weighted by Gasteiger charge is -2.08. The highest BCUT2D eigenvalue weighted by molar-refractivity contribution is 6.30. The Kier molecular flexibility index (Phi) is 4.63. The minimum Gasteiger partial charge on any atom is -0.437 e. The average Bonchev–Trinajstić information content (AvgIpc) is 2.41. The number of rotatable bonds is 5. The van der Waals surface area contributed by atoms with Crippen molar-refractivity contribution in [1.29, 1.82) is 0 Å². The Morgan fingerprint density at radius 3 is 2.63 bits per heavy atom. The molecule has 0 unspecified atom stereocenters. The summed E-state index contributed by atoms with van der Waals surface area (Å²) in [6, 6.07) is 9.62. The van der Waals surface area contributed by atoms with Gasteiger partial charge in [0, 0.05) is 6.20 Å². The van der Waals surface area contributed by atoms with E-state index >= 15 is 0 Å². The summed E-state index contributed by atoms with van der Waals surface area (Å²) in [5.41, 5.74) is 7.54. The zero-order valence-electron chi connectivity index (χ0n) is 10.9. The molecule has 0 amide bonds. The highest BCUT2D eigenvalue weighted by Gasteiger charge is 2.04. The van der Waals surface area contributed by atoms with Gasteiger partial charge in [0.15, 0.2) is 0 Å². The van der Waals surface area contributed by atoms with Gasteiger partial charge in [-0.05, 0) is 36.6 Å². The van der Waals surface area contributed by atoms with E-state index in [4.69, 9.17) is 22.1 Å². The molecule has 0 aliphatic rings. The van der Waals surface area contributed by atoms with Gasteiger partial charge in [-0.3, -0.25) is 0 Å². The molecule has 3 nitrogen and oxygen atoms in total. The number of hydrogen-bond acceptors (Lipinski definition) is 3. The van der Waals surface area contributed by atoms with Crippen LogP contribution in [0, 0.1) is 0 Å². The quantitative estimate of drug-likeness (QED) is 0.877. The van der Waals surface area contributed by atoms with E-state index in [2.05, 4.69) is 24.0 Å². The fourth-order valence-corrected chi connectivity index (χ4v) is 1.91. The minimum absolute atomic E-state index is 0.380. The molecule has 0 aliphatic carbocycles. The van der Waals surface area contributed by atoms with Crippen molar-refractivity contribution >= 4 is 17.3 Å². The summed E-state index contributed by atoms with van der Waals surface area (Å²) in [6.45, 7) is 2.19. The minimum atomic E-state index is 0.380. The Balaban J connectivity index is 2.06. The van der Waals surface area contributed by atoms with Crippen LogP contribution >= 0.6 is 11.6 Å². The largest absolute Gasteiger partial charge is 0.437 e. The molecule has 0 fully saturated rings. The molecule has 4 heteroatoms. The van der Waals surface area contributed by atoms with Crippen molar-refractivity contribution in [3.8, 4) is 11.6 Å². The molecule has 0 saturated heterocycles. The molecule has 0 saturated carbocycles. The second-order valence-electron chi connectivity index (χ2n) is 4.40. The molecule has 2 N–H and O–H groups in total. The lowest BCUT2D eigenvalue weighted by molar-refractivity contribution is 0.465. The van der Waals surface area contributed by atoms with Gasteiger partial charge in [0.1, 0.15) is 5.75 Å². The molecule has 100 valence electrons. The summed E-state index contributed by atoms with van der Waals surface area (Å²) < 4.78 is 5.63. The maximum absolute atomic E-state index is 5.79. The number of benzene rings is 1. The van der Waals surface area contributed by atoms with Gasteiger partial charge in [0.05, 0.1) is 10.7 Å². The molecule has 1 aromatic carbocycles. The van der Waals surface area contributed by atoms with Crippen LogP contribution in [0.25, 0.3) is 0 Å².